The van der Waals surface area contributed by atoms with Crippen molar-refractivity contribution in [2.45, 2.75) is 78.7 Å². The summed E-state index contributed by atoms with van der Waals surface area (Å²) < 4.78 is 41.1. The minimum Gasteiger partial charge on any atom is -0.453 e. The van der Waals surface area contributed by atoms with Crippen LogP contribution in [0, 0.1) is 10.8 Å². The van der Waals surface area contributed by atoms with Crippen LogP contribution < -0.4 is 21.4 Å². The van der Waals surface area contributed by atoms with Crippen molar-refractivity contribution in [1.29, 1.82) is 0 Å². The monoisotopic (exact) mass is 802 g/mol. The SMILES string of the molecule is COC(=O)N[C@@H](C(=O)N[C@H](Cc1ccccc1)[C@H](O)CN(Cc1ccc(-c2ccccn2)cc1)NC(=O)[C@H](NC(=O)OC)C(C)(C)C)C(C)(C)C.O=S(=O)(O)O. The molecule has 1 aromatic heterocycles. The summed E-state index contributed by atoms with van der Waals surface area (Å²) in [6.45, 7) is 10.9. The number of carbonyl (C=O) groups excluding carboxylic acids is 4. The molecule has 0 aliphatic carbocycles. The summed E-state index contributed by atoms with van der Waals surface area (Å²) in [6, 6.07) is 19.8. The van der Waals surface area contributed by atoms with Crippen LogP contribution in [0.25, 0.3) is 11.3 Å². The molecule has 3 rings (SSSR count). The van der Waals surface area contributed by atoms with Gasteiger partial charge in [-0.3, -0.25) is 29.1 Å². The molecule has 2 aromatic carbocycles. The van der Waals surface area contributed by atoms with Gasteiger partial charge in [0.05, 0.1) is 32.1 Å². The molecule has 3 aromatic rings. The van der Waals surface area contributed by atoms with Crippen LogP contribution in [0.1, 0.15) is 52.7 Å². The standard InChI is InChI=1S/C38H52N6O7.H2O4S/c1-37(2,3)31(41-35(48)50-7)33(46)40-29(22-25-14-10-9-11-15-25)30(45)24-44(43-34(47)32(38(4,5)6)42-36(49)51-8)23-26-17-19-27(20-18-26)28-16-12-13-21-39-28;1-5(2,3)4/h9-21,29-32,45H,22-24H2,1-8H3,(H,40,46)(H,41,48)(H,42,49)(H,43,47);(H2,1,2,3,4)/t29-,30-,31+,32+;/m1./s1. The average molecular weight is 803 g/mol. The molecule has 0 aliphatic heterocycles. The number of pyridine rings is 1. The molecule has 0 fully saturated rings. The number of rotatable bonds is 14. The largest absolute Gasteiger partial charge is 0.453 e. The first kappa shape index (κ1) is 47.0. The van der Waals surface area contributed by atoms with Gasteiger partial charge in [-0.2, -0.15) is 8.42 Å². The van der Waals surface area contributed by atoms with Crippen molar-refractivity contribution in [3.63, 3.8) is 0 Å². The van der Waals surface area contributed by atoms with E-state index in [1.165, 1.54) is 14.2 Å². The third-order valence-corrected chi connectivity index (χ3v) is 8.21. The molecular weight excluding hydrogens is 749 g/mol. The predicted molar refractivity (Wildman–Crippen MR) is 208 cm³/mol. The summed E-state index contributed by atoms with van der Waals surface area (Å²) in [5.41, 5.74) is 4.88. The summed E-state index contributed by atoms with van der Waals surface area (Å²) in [4.78, 5) is 56.3. The number of hydrogen-bond acceptors (Lipinski definition) is 11. The number of nitrogens with zero attached hydrogens (tertiary/aromatic N) is 2. The smallest absolute Gasteiger partial charge is 0.407 e. The molecule has 0 bridgehead atoms. The highest BCUT2D eigenvalue weighted by molar-refractivity contribution is 7.79. The number of amides is 4. The second kappa shape index (κ2) is 21.2. The number of aliphatic hydroxyl groups is 1. The molecule has 17 nitrogen and oxygen atoms in total. The van der Waals surface area contributed by atoms with Crippen molar-refractivity contribution in [2.75, 3.05) is 20.8 Å². The van der Waals surface area contributed by atoms with Crippen molar-refractivity contribution in [3.05, 3.63) is 90.1 Å². The van der Waals surface area contributed by atoms with E-state index < -0.39 is 69.5 Å². The van der Waals surface area contributed by atoms with Crippen LogP contribution in [0.3, 0.4) is 0 Å². The Bertz CT molecular complexity index is 1810. The lowest BCUT2D eigenvalue weighted by Crippen LogP contribution is -2.60. The molecular formula is C38H54N6O11S. The van der Waals surface area contributed by atoms with Crippen LogP contribution >= 0.6 is 0 Å². The molecule has 308 valence electrons. The van der Waals surface area contributed by atoms with Crippen molar-refractivity contribution in [1.82, 2.24) is 31.4 Å². The van der Waals surface area contributed by atoms with Gasteiger partial charge in [-0.1, -0.05) is 102 Å². The highest BCUT2D eigenvalue weighted by Crippen LogP contribution is 2.23. The number of aliphatic hydroxyl groups excluding tert-OH is 1. The van der Waals surface area contributed by atoms with Crippen LogP contribution in [0.4, 0.5) is 9.59 Å². The number of alkyl carbamates (subject to hydrolysis) is 2. The maximum absolute atomic E-state index is 13.8. The van der Waals surface area contributed by atoms with Crippen molar-refractivity contribution < 1.29 is 51.3 Å². The Morgan fingerprint density at radius 2 is 1.23 bits per heavy atom. The maximum atomic E-state index is 13.8. The Morgan fingerprint density at radius 1 is 0.732 bits per heavy atom. The van der Waals surface area contributed by atoms with Gasteiger partial charge in [0.15, 0.2) is 0 Å². The van der Waals surface area contributed by atoms with E-state index in [0.717, 1.165) is 22.4 Å². The Hall–Kier alpha value is -5.14. The van der Waals surface area contributed by atoms with Gasteiger partial charge in [-0.15, -0.1) is 0 Å². The van der Waals surface area contributed by atoms with Crippen LogP contribution in [-0.2, 0) is 42.4 Å². The summed E-state index contributed by atoms with van der Waals surface area (Å²) in [5.74, 6) is -1.03. The number of aromatic nitrogens is 1. The third kappa shape index (κ3) is 17.1. The second-order valence-electron chi connectivity index (χ2n) is 15.0. The molecule has 0 aliphatic rings. The van der Waals surface area contributed by atoms with E-state index in [-0.39, 0.29) is 19.5 Å². The van der Waals surface area contributed by atoms with E-state index >= 15 is 0 Å². The zero-order valence-corrected chi connectivity index (χ0v) is 33.7. The molecule has 0 spiro atoms. The minimum absolute atomic E-state index is 0.120. The lowest BCUT2D eigenvalue weighted by molar-refractivity contribution is -0.132. The van der Waals surface area contributed by atoms with Crippen LogP contribution in [0.2, 0.25) is 0 Å². The molecule has 0 radical (unpaired) electrons. The third-order valence-electron chi connectivity index (χ3n) is 8.21. The van der Waals surface area contributed by atoms with Gasteiger partial charge in [0.25, 0.3) is 5.91 Å². The van der Waals surface area contributed by atoms with Crippen molar-refractivity contribution in [2.24, 2.45) is 10.8 Å². The van der Waals surface area contributed by atoms with E-state index in [0.29, 0.717) is 0 Å². The van der Waals surface area contributed by atoms with E-state index in [9.17, 15) is 24.3 Å². The van der Waals surface area contributed by atoms with Gasteiger partial charge < -0.3 is 30.5 Å². The minimum atomic E-state index is -4.67. The van der Waals surface area contributed by atoms with E-state index in [2.05, 4.69) is 26.4 Å². The molecule has 4 atom stereocenters. The van der Waals surface area contributed by atoms with Crippen LogP contribution in [0.5, 0.6) is 0 Å². The Morgan fingerprint density at radius 3 is 1.70 bits per heavy atom. The van der Waals surface area contributed by atoms with E-state index in [1.807, 2.05) is 93.6 Å². The first-order chi connectivity index (χ1) is 26.0. The fourth-order valence-electron chi connectivity index (χ4n) is 5.38. The summed E-state index contributed by atoms with van der Waals surface area (Å²) in [6.07, 6.45) is -0.778. The fourth-order valence-corrected chi connectivity index (χ4v) is 5.38. The van der Waals surface area contributed by atoms with Gasteiger partial charge in [0, 0.05) is 24.8 Å². The lowest BCUT2D eigenvalue weighted by atomic mass is 9.85. The zero-order chi connectivity index (χ0) is 42.3. The lowest BCUT2D eigenvalue weighted by Gasteiger charge is -2.35. The van der Waals surface area contributed by atoms with Gasteiger partial charge in [0.2, 0.25) is 5.91 Å². The molecule has 56 heavy (non-hydrogen) atoms. The first-order valence-electron chi connectivity index (χ1n) is 17.5. The predicted octanol–water partition coefficient (Wildman–Crippen LogP) is 3.56. The number of hydrazine groups is 1. The topological polar surface area (TPSA) is 246 Å². The number of methoxy groups -OCH3 is 2. The summed E-state index contributed by atoms with van der Waals surface area (Å²) in [7, 11) is -2.23. The molecule has 18 heteroatoms. The highest BCUT2D eigenvalue weighted by Gasteiger charge is 2.37. The molecule has 7 N–H and O–H groups in total. The zero-order valence-electron chi connectivity index (χ0n) is 32.8. The Balaban J connectivity index is 0.00000203. The molecule has 0 saturated heterocycles. The molecule has 4 amide bonds. The van der Waals surface area contributed by atoms with Crippen molar-refractivity contribution in [3.8, 4) is 11.3 Å². The molecule has 0 unspecified atom stereocenters. The van der Waals surface area contributed by atoms with Gasteiger partial charge in [0.1, 0.15) is 12.1 Å². The number of carbonyl (C=O) groups is 4. The van der Waals surface area contributed by atoms with Gasteiger partial charge >= 0.3 is 22.6 Å². The van der Waals surface area contributed by atoms with Crippen LogP contribution in [0.15, 0.2) is 79.0 Å². The number of ether oxygens (including phenoxy) is 2. The average Bonchev–Trinajstić information content (AvgIpc) is 3.11. The fraction of sp³-hybridized carbons (Fsp3) is 0.447. The maximum Gasteiger partial charge on any atom is 0.407 e. The van der Waals surface area contributed by atoms with Gasteiger partial charge in [-0.25, -0.2) is 14.6 Å². The number of nitrogens with one attached hydrogen (secondary N) is 4. The van der Waals surface area contributed by atoms with E-state index in [1.54, 1.807) is 32.0 Å². The Kier molecular flexibility index (Phi) is 17.8. The van der Waals surface area contributed by atoms with Crippen molar-refractivity contribution >= 4 is 34.4 Å². The Labute approximate surface area is 328 Å². The summed E-state index contributed by atoms with van der Waals surface area (Å²) >= 11 is 0. The normalized spacial score (nSPS) is 13.8. The van der Waals surface area contributed by atoms with E-state index in [4.69, 9.17) is 27.0 Å². The summed E-state index contributed by atoms with van der Waals surface area (Å²) in [5, 5.41) is 21.6. The quantitative estimate of drug-likeness (QED) is 0.0912. The van der Waals surface area contributed by atoms with Crippen LogP contribution in [-0.4, -0.2) is 102 Å². The molecule has 1 heterocycles. The highest BCUT2D eigenvalue weighted by atomic mass is 32.3. The van der Waals surface area contributed by atoms with Gasteiger partial charge in [-0.05, 0) is 40.5 Å². The molecule has 0 saturated carbocycles. The second-order valence-corrected chi connectivity index (χ2v) is 15.9. The number of hydrogen-bond donors (Lipinski definition) is 7. The number of benzene rings is 2. The first-order valence-corrected chi connectivity index (χ1v) is 18.9.